The first kappa shape index (κ1) is 21.6. The molecule has 0 aliphatic carbocycles. The fraction of sp³-hybridized carbons (Fsp3) is 0.545. The van der Waals surface area contributed by atoms with Crippen LogP contribution in [0.1, 0.15) is 16.8 Å². The summed E-state index contributed by atoms with van der Waals surface area (Å²) < 4.78 is 13.7. The van der Waals surface area contributed by atoms with E-state index in [0.717, 1.165) is 61.9 Å². The van der Waals surface area contributed by atoms with Crippen LogP contribution in [-0.2, 0) is 18.4 Å². The highest BCUT2D eigenvalue weighted by Crippen LogP contribution is 2.38. The molecule has 3 rings (SSSR count). The van der Waals surface area contributed by atoms with Gasteiger partial charge in [0.1, 0.15) is 11.5 Å². The van der Waals surface area contributed by atoms with Crippen molar-refractivity contribution >= 4 is 0 Å². The molecule has 0 saturated carbocycles. The second-order valence-corrected chi connectivity index (χ2v) is 7.71. The summed E-state index contributed by atoms with van der Waals surface area (Å²) in [6, 6.07) is 4.27. The van der Waals surface area contributed by atoms with Gasteiger partial charge in [-0.1, -0.05) is 0 Å². The van der Waals surface area contributed by atoms with Crippen molar-refractivity contribution < 1.29 is 14.3 Å². The number of aromatic nitrogens is 1. The minimum atomic E-state index is 0.571. The molecule has 2 N–H and O–H groups in total. The quantitative estimate of drug-likeness (QED) is 0.684. The molecule has 0 radical (unpaired) electrons. The number of hydrogen-bond donors (Lipinski definition) is 1. The molecular weight excluding hydrogens is 368 g/mol. The standard InChI is InChI=1S/C22H34N4O3/c1-16-17(2)24(3)14-19(16)18-12-21(27-4)20(22(13-18)28-5)15-26-8-6-25(7-9-26)10-11-29-23/h12-14H,6-11,15,23H2,1-5H3. The Kier molecular flexibility index (Phi) is 7.18. The molecule has 2 aromatic rings. The van der Waals surface area contributed by atoms with Gasteiger partial charge in [-0.25, -0.2) is 5.90 Å². The van der Waals surface area contributed by atoms with Crippen LogP contribution in [0.25, 0.3) is 11.1 Å². The van der Waals surface area contributed by atoms with Gasteiger partial charge in [-0.3, -0.25) is 9.80 Å². The number of nitrogens with zero attached hydrogens (tertiary/aromatic N) is 3. The van der Waals surface area contributed by atoms with Gasteiger partial charge in [-0.2, -0.15) is 0 Å². The number of methoxy groups -OCH3 is 2. The van der Waals surface area contributed by atoms with Crippen molar-refractivity contribution in [2.45, 2.75) is 20.4 Å². The number of hydrogen-bond acceptors (Lipinski definition) is 6. The first-order chi connectivity index (χ1) is 14.0. The fourth-order valence-electron chi connectivity index (χ4n) is 4.01. The van der Waals surface area contributed by atoms with Crippen LogP contribution in [0.15, 0.2) is 18.3 Å². The molecular formula is C22H34N4O3. The number of benzene rings is 1. The van der Waals surface area contributed by atoms with Crippen molar-refractivity contribution in [1.29, 1.82) is 0 Å². The van der Waals surface area contributed by atoms with E-state index in [1.165, 1.54) is 16.8 Å². The van der Waals surface area contributed by atoms with Gasteiger partial charge in [0.2, 0.25) is 0 Å². The number of aryl methyl sites for hydroxylation is 1. The summed E-state index contributed by atoms with van der Waals surface area (Å²) in [5, 5.41) is 0. The molecule has 1 aliphatic rings. The third kappa shape index (κ3) is 4.75. The first-order valence-corrected chi connectivity index (χ1v) is 10.1. The molecule has 7 nitrogen and oxygen atoms in total. The summed E-state index contributed by atoms with van der Waals surface area (Å²) in [6.45, 7) is 10.6. The van der Waals surface area contributed by atoms with Crippen LogP contribution in [0.5, 0.6) is 11.5 Å². The van der Waals surface area contributed by atoms with E-state index in [1.54, 1.807) is 14.2 Å². The third-order valence-electron chi connectivity index (χ3n) is 6.09. The van der Waals surface area contributed by atoms with E-state index in [4.69, 9.17) is 20.2 Å². The molecule has 0 amide bonds. The maximum Gasteiger partial charge on any atom is 0.127 e. The smallest absolute Gasteiger partial charge is 0.127 e. The van der Waals surface area contributed by atoms with Gasteiger partial charge in [0.05, 0.1) is 26.4 Å². The minimum absolute atomic E-state index is 0.571. The topological polar surface area (TPSA) is 65.1 Å². The van der Waals surface area contributed by atoms with Gasteiger partial charge in [0.15, 0.2) is 0 Å². The third-order valence-corrected chi connectivity index (χ3v) is 6.09. The average Bonchev–Trinajstić information content (AvgIpc) is 3.00. The van der Waals surface area contributed by atoms with Gasteiger partial charge in [-0.15, -0.1) is 0 Å². The maximum absolute atomic E-state index is 5.79. The Labute approximate surface area is 173 Å². The molecule has 0 spiro atoms. The van der Waals surface area contributed by atoms with Crippen molar-refractivity contribution in [3.05, 3.63) is 35.2 Å². The van der Waals surface area contributed by atoms with E-state index in [2.05, 4.69) is 53.6 Å². The molecule has 0 atom stereocenters. The number of ether oxygens (including phenoxy) is 2. The van der Waals surface area contributed by atoms with Gasteiger partial charge < -0.3 is 18.9 Å². The summed E-state index contributed by atoms with van der Waals surface area (Å²) >= 11 is 0. The van der Waals surface area contributed by atoms with Crippen LogP contribution >= 0.6 is 0 Å². The predicted molar refractivity (Wildman–Crippen MR) is 115 cm³/mol. The van der Waals surface area contributed by atoms with E-state index < -0.39 is 0 Å². The summed E-state index contributed by atoms with van der Waals surface area (Å²) in [5.74, 6) is 6.89. The number of nitrogens with two attached hydrogens (primary N) is 1. The van der Waals surface area contributed by atoms with Gasteiger partial charge in [0.25, 0.3) is 0 Å². The van der Waals surface area contributed by atoms with Crippen LogP contribution in [0.3, 0.4) is 0 Å². The lowest BCUT2D eigenvalue weighted by atomic mass is 10.0. The van der Waals surface area contributed by atoms with Gasteiger partial charge >= 0.3 is 0 Å². The van der Waals surface area contributed by atoms with Crippen molar-refractivity contribution in [2.24, 2.45) is 12.9 Å². The molecule has 1 fully saturated rings. The first-order valence-electron chi connectivity index (χ1n) is 10.1. The average molecular weight is 403 g/mol. The molecule has 1 aromatic carbocycles. The zero-order valence-electron chi connectivity index (χ0n) is 18.3. The maximum atomic E-state index is 5.79. The Bertz CT molecular complexity index is 801. The second kappa shape index (κ2) is 9.63. The molecule has 1 aromatic heterocycles. The highest BCUT2D eigenvalue weighted by Gasteiger charge is 2.22. The number of piperazine rings is 1. The van der Waals surface area contributed by atoms with Gasteiger partial charge in [0, 0.05) is 63.8 Å². The molecule has 0 unspecified atom stereocenters. The zero-order valence-corrected chi connectivity index (χ0v) is 18.3. The SMILES string of the molecule is COc1cc(-c2cn(C)c(C)c2C)cc(OC)c1CN1CCN(CCON)CC1. The summed E-state index contributed by atoms with van der Waals surface area (Å²) in [4.78, 5) is 9.52. The Morgan fingerprint density at radius 1 is 0.966 bits per heavy atom. The fourth-order valence-corrected chi connectivity index (χ4v) is 4.01. The lowest BCUT2D eigenvalue weighted by Gasteiger charge is -2.35. The summed E-state index contributed by atoms with van der Waals surface area (Å²) in [6.07, 6.45) is 2.17. The van der Waals surface area contributed by atoms with Crippen molar-refractivity contribution in [3.63, 3.8) is 0 Å². The van der Waals surface area contributed by atoms with Crippen LogP contribution < -0.4 is 15.4 Å². The molecule has 160 valence electrons. The normalized spacial score (nSPS) is 15.7. The van der Waals surface area contributed by atoms with E-state index in [0.29, 0.717) is 6.61 Å². The van der Waals surface area contributed by atoms with Crippen molar-refractivity contribution in [2.75, 3.05) is 53.6 Å². The van der Waals surface area contributed by atoms with Crippen LogP contribution in [0.4, 0.5) is 0 Å². The largest absolute Gasteiger partial charge is 0.496 e. The second-order valence-electron chi connectivity index (χ2n) is 7.71. The van der Waals surface area contributed by atoms with E-state index >= 15 is 0 Å². The van der Waals surface area contributed by atoms with Crippen LogP contribution in [-0.4, -0.2) is 67.9 Å². The highest BCUT2D eigenvalue weighted by molar-refractivity contribution is 5.72. The Morgan fingerprint density at radius 2 is 1.55 bits per heavy atom. The predicted octanol–water partition coefficient (Wildman–Crippen LogP) is 2.33. The van der Waals surface area contributed by atoms with E-state index in [1.807, 2.05) is 0 Å². The Morgan fingerprint density at radius 3 is 2.03 bits per heavy atom. The van der Waals surface area contributed by atoms with Gasteiger partial charge in [-0.05, 0) is 37.1 Å². The molecule has 7 heteroatoms. The Balaban J connectivity index is 1.81. The monoisotopic (exact) mass is 402 g/mol. The van der Waals surface area contributed by atoms with Crippen molar-refractivity contribution in [3.8, 4) is 22.6 Å². The highest BCUT2D eigenvalue weighted by atomic mass is 16.6. The number of rotatable bonds is 8. The van der Waals surface area contributed by atoms with Crippen LogP contribution in [0.2, 0.25) is 0 Å². The molecule has 1 aliphatic heterocycles. The summed E-state index contributed by atoms with van der Waals surface area (Å²) in [5.41, 5.74) is 5.98. The molecule has 29 heavy (non-hydrogen) atoms. The lowest BCUT2D eigenvalue weighted by molar-refractivity contribution is 0.0735. The zero-order chi connectivity index (χ0) is 21.0. The molecule has 2 heterocycles. The van der Waals surface area contributed by atoms with E-state index in [9.17, 15) is 0 Å². The summed E-state index contributed by atoms with van der Waals surface area (Å²) in [7, 11) is 5.54. The van der Waals surface area contributed by atoms with E-state index in [-0.39, 0.29) is 0 Å². The Hall–Kier alpha value is -2.06. The molecule has 0 bridgehead atoms. The minimum Gasteiger partial charge on any atom is -0.496 e. The lowest BCUT2D eigenvalue weighted by Crippen LogP contribution is -2.47. The van der Waals surface area contributed by atoms with Crippen molar-refractivity contribution in [1.82, 2.24) is 14.4 Å². The van der Waals surface area contributed by atoms with Crippen LogP contribution in [0, 0.1) is 13.8 Å². The molecule has 1 saturated heterocycles.